The fourth-order valence-corrected chi connectivity index (χ4v) is 3.54. The van der Waals surface area contributed by atoms with Crippen molar-refractivity contribution in [2.75, 3.05) is 5.32 Å². The monoisotopic (exact) mass is 402 g/mol. The van der Waals surface area contributed by atoms with Gasteiger partial charge in [0, 0.05) is 25.8 Å². The average molecular weight is 402 g/mol. The average Bonchev–Trinajstić information content (AvgIpc) is 2.71. The van der Waals surface area contributed by atoms with Crippen molar-refractivity contribution in [2.24, 2.45) is 14.1 Å². The third-order valence-electron chi connectivity index (χ3n) is 5.21. The van der Waals surface area contributed by atoms with Crippen LogP contribution in [0.5, 0.6) is 0 Å². The molecule has 2 heterocycles. The number of anilines is 2. The molecular weight excluding hydrogens is 380 g/mol. The smallest absolute Gasteiger partial charge is 0.336 e. The number of rotatable bonds is 3. The summed E-state index contributed by atoms with van der Waals surface area (Å²) in [4.78, 5) is 39.0. The molecule has 30 heavy (non-hydrogen) atoms. The molecule has 0 spiro atoms. The summed E-state index contributed by atoms with van der Waals surface area (Å²) in [6.45, 7) is 3.90. The molecule has 152 valence electrons. The Morgan fingerprint density at radius 1 is 0.800 bits per heavy atom. The van der Waals surface area contributed by atoms with E-state index in [1.165, 1.54) is 22.2 Å². The standard InChI is InChI=1S/C23H22N4O3/c1-14-8-10-16(11-9-14)24-18-13-19(28)25(3)21-20(18)22(29)26(4)23(30)27(21)17-7-5-6-15(2)12-17/h5-13,24H,1-4H3. The zero-order valence-electron chi connectivity index (χ0n) is 17.3. The second kappa shape index (κ2) is 7.18. The number of nitrogens with one attached hydrogen (secondary N) is 1. The summed E-state index contributed by atoms with van der Waals surface area (Å²) >= 11 is 0. The lowest BCUT2D eigenvalue weighted by molar-refractivity contribution is 0.729. The number of hydrogen-bond acceptors (Lipinski definition) is 4. The van der Waals surface area contributed by atoms with E-state index in [-0.39, 0.29) is 16.6 Å². The first kappa shape index (κ1) is 19.4. The molecule has 0 aliphatic heterocycles. The summed E-state index contributed by atoms with van der Waals surface area (Å²) in [6.07, 6.45) is 0. The van der Waals surface area contributed by atoms with Crippen molar-refractivity contribution in [2.45, 2.75) is 13.8 Å². The van der Waals surface area contributed by atoms with Crippen molar-refractivity contribution in [1.82, 2.24) is 13.7 Å². The van der Waals surface area contributed by atoms with E-state index in [1.54, 1.807) is 13.1 Å². The Kier molecular flexibility index (Phi) is 4.66. The minimum absolute atomic E-state index is 0.246. The van der Waals surface area contributed by atoms with Gasteiger partial charge in [0.2, 0.25) is 0 Å². The van der Waals surface area contributed by atoms with Gasteiger partial charge >= 0.3 is 5.69 Å². The van der Waals surface area contributed by atoms with E-state index < -0.39 is 11.2 Å². The van der Waals surface area contributed by atoms with Crippen molar-refractivity contribution >= 4 is 22.4 Å². The Morgan fingerprint density at radius 3 is 2.17 bits per heavy atom. The molecule has 4 aromatic rings. The quantitative estimate of drug-likeness (QED) is 0.572. The zero-order chi connectivity index (χ0) is 21.6. The van der Waals surface area contributed by atoms with Crippen LogP contribution in [0.2, 0.25) is 0 Å². The first-order valence-electron chi connectivity index (χ1n) is 9.54. The maximum Gasteiger partial charge on any atom is 0.336 e. The van der Waals surface area contributed by atoms with Crippen LogP contribution in [0.15, 0.2) is 69.0 Å². The van der Waals surface area contributed by atoms with Gasteiger partial charge in [-0.25, -0.2) is 9.36 Å². The van der Waals surface area contributed by atoms with E-state index in [9.17, 15) is 14.4 Å². The van der Waals surface area contributed by atoms with Crippen molar-refractivity contribution in [3.8, 4) is 5.69 Å². The number of aryl methyl sites for hydroxylation is 3. The van der Waals surface area contributed by atoms with Crippen molar-refractivity contribution in [1.29, 1.82) is 0 Å². The van der Waals surface area contributed by atoms with E-state index in [1.807, 2.05) is 56.3 Å². The van der Waals surface area contributed by atoms with Crippen molar-refractivity contribution in [3.63, 3.8) is 0 Å². The van der Waals surface area contributed by atoms with Gasteiger partial charge in [0.1, 0.15) is 11.0 Å². The molecule has 0 radical (unpaired) electrons. The van der Waals surface area contributed by atoms with Crippen LogP contribution in [0.3, 0.4) is 0 Å². The first-order chi connectivity index (χ1) is 14.3. The largest absolute Gasteiger partial charge is 0.355 e. The van der Waals surface area contributed by atoms with E-state index in [0.29, 0.717) is 11.4 Å². The third-order valence-corrected chi connectivity index (χ3v) is 5.21. The van der Waals surface area contributed by atoms with Gasteiger partial charge in [-0.05, 0) is 43.7 Å². The molecule has 7 nitrogen and oxygen atoms in total. The maximum absolute atomic E-state index is 13.1. The van der Waals surface area contributed by atoms with Crippen LogP contribution in [0.25, 0.3) is 16.7 Å². The molecule has 0 amide bonds. The van der Waals surface area contributed by atoms with Crippen LogP contribution >= 0.6 is 0 Å². The molecule has 0 saturated heterocycles. The van der Waals surface area contributed by atoms with Gasteiger partial charge in [0.25, 0.3) is 11.1 Å². The Bertz CT molecular complexity index is 1460. The highest BCUT2D eigenvalue weighted by atomic mass is 16.2. The summed E-state index contributed by atoms with van der Waals surface area (Å²) in [5.41, 5.74) is 2.68. The lowest BCUT2D eigenvalue weighted by atomic mass is 10.2. The SMILES string of the molecule is Cc1ccc(Nc2cc(=O)n(C)c3c2c(=O)n(C)c(=O)n3-c2cccc(C)c2)cc1. The Hall–Kier alpha value is -3.87. The minimum Gasteiger partial charge on any atom is -0.355 e. The highest BCUT2D eigenvalue weighted by molar-refractivity contribution is 5.91. The minimum atomic E-state index is -0.513. The van der Waals surface area contributed by atoms with E-state index in [0.717, 1.165) is 21.4 Å². The zero-order valence-corrected chi connectivity index (χ0v) is 17.3. The number of fused-ring (bicyclic) bond motifs is 1. The van der Waals surface area contributed by atoms with Crippen molar-refractivity contribution in [3.05, 3.63) is 96.9 Å². The molecule has 2 aromatic heterocycles. The third kappa shape index (κ3) is 3.14. The van der Waals surface area contributed by atoms with Crippen molar-refractivity contribution < 1.29 is 0 Å². The molecule has 0 unspecified atom stereocenters. The summed E-state index contributed by atoms with van der Waals surface area (Å²) in [5, 5.41) is 3.44. The lowest BCUT2D eigenvalue weighted by Crippen LogP contribution is -2.40. The summed E-state index contributed by atoms with van der Waals surface area (Å²) < 4.78 is 3.81. The molecule has 0 aliphatic carbocycles. The Morgan fingerprint density at radius 2 is 1.50 bits per heavy atom. The van der Waals surface area contributed by atoms with Crippen LogP contribution in [0, 0.1) is 13.8 Å². The van der Waals surface area contributed by atoms with Crippen LogP contribution in [0.1, 0.15) is 11.1 Å². The fourth-order valence-electron chi connectivity index (χ4n) is 3.54. The second-order valence-electron chi connectivity index (χ2n) is 7.47. The molecule has 0 atom stereocenters. The van der Waals surface area contributed by atoms with Gasteiger partial charge < -0.3 is 5.32 Å². The van der Waals surface area contributed by atoms with E-state index in [4.69, 9.17) is 0 Å². The number of hydrogen-bond donors (Lipinski definition) is 1. The molecule has 0 aliphatic rings. The normalized spacial score (nSPS) is 11.1. The Balaban J connectivity index is 2.13. The predicted molar refractivity (Wildman–Crippen MR) is 119 cm³/mol. The molecular formula is C23H22N4O3. The molecule has 4 rings (SSSR count). The molecule has 2 aromatic carbocycles. The second-order valence-corrected chi connectivity index (χ2v) is 7.47. The number of aromatic nitrogens is 3. The predicted octanol–water partition coefficient (Wildman–Crippen LogP) is 2.75. The van der Waals surface area contributed by atoms with Gasteiger partial charge in [-0.15, -0.1) is 0 Å². The van der Waals surface area contributed by atoms with E-state index in [2.05, 4.69) is 5.32 Å². The van der Waals surface area contributed by atoms with Gasteiger partial charge in [-0.2, -0.15) is 0 Å². The number of pyridine rings is 1. The van der Waals surface area contributed by atoms with Crippen LogP contribution in [-0.4, -0.2) is 13.7 Å². The Labute approximate surface area is 172 Å². The van der Waals surface area contributed by atoms with Crippen LogP contribution in [-0.2, 0) is 14.1 Å². The van der Waals surface area contributed by atoms with Crippen LogP contribution < -0.4 is 22.1 Å². The summed E-state index contributed by atoms with van der Waals surface area (Å²) in [6, 6.07) is 16.4. The lowest BCUT2D eigenvalue weighted by Gasteiger charge is -2.18. The summed E-state index contributed by atoms with van der Waals surface area (Å²) in [5.74, 6) is 0. The molecule has 1 N–H and O–H groups in total. The van der Waals surface area contributed by atoms with Gasteiger partial charge in [-0.3, -0.25) is 18.7 Å². The number of nitrogens with zero attached hydrogens (tertiary/aromatic N) is 3. The molecule has 0 bridgehead atoms. The summed E-state index contributed by atoms with van der Waals surface area (Å²) in [7, 11) is 3.00. The van der Waals surface area contributed by atoms with Gasteiger partial charge in [-0.1, -0.05) is 29.8 Å². The highest BCUT2D eigenvalue weighted by Gasteiger charge is 2.19. The first-order valence-corrected chi connectivity index (χ1v) is 9.54. The van der Waals surface area contributed by atoms with Crippen LogP contribution in [0.4, 0.5) is 11.4 Å². The van der Waals surface area contributed by atoms with Gasteiger partial charge in [0.15, 0.2) is 0 Å². The molecule has 0 saturated carbocycles. The van der Waals surface area contributed by atoms with Gasteiger partial charge in [0.05, 0.1) is 11.4 Å². The van der Waals surface area contributed by atoms with E-state index >= 15 is 0 Å². The highest BCUT2D eigenvalue weighted by Crippen LogP contribution is 2.23. The molecule has 0 fully saturated rings. The maximum atomic E-state index is 13.1. The topological polar surface area (TPSA) is 78.0 Å². The molecule has 7 heteroatoms. The fraction of sp³-hybridized carbons (Fsp3) is 0.174. The number of benzene rings is 2.